The van der Waals surface area contributed by atoms with Crippen LogP contribution in [0.4, 0.5) is 26.3 Å². The number of carboxylic acid groups (broad SMARTS) is 2. The molecule has 4 rings (SSSR count). The molecule has 2 aromatic heterocycles. The summed E-state index contributed by atoms with van der Waals surface area (Å²) in [6, 6.07) is 4.19. The monoisotopic (exact) mass is 557 g/mol. The number of carboxylic acids is 2. The molecule has 214 valence electrons. The number of nitrogens with zero attached hydrogens (tertiary/aromatic N) is 5. The smallest absolute Gasteiger partial charge is 0.475 e. The number of alkyl halides is 6. The Morgan fingerprint density at radius 1 is 1.00 bits per heavy atom. The maximum Gasteiger partial charge on any atom is 0.490 e. The number of aryl methyl sites for hydroxylation is 1. The fourth-order valence-corrected chi connectivity index (χ4v) is 4.08. The van der Waals surface area contributed by atoms with E-state index >= 15 is 0 Å². The normalized spacial score (nSPS) is 18.8. The van der Waals surface area contributed by atoms with Gasteiger partial charge in [-0.05, 0) is 38.9 Å². The first kappa shape index (κ1) is 31.1. The molecule has 0 radical (unpaired) electrons. The summed E-state index contributed by atoms with van der Waals surface area (Å²) in [5.41, 5.74) is 2.33. The van der Waals surface area contributed by atoms with Crippen molar-refractivity contribution in [1.29, 1.82) is 0 Å². The number of hydrogen-bond acceptors (Lipinski definition) is 7. The summed E-state index contributed by atoms with van der Waals surface area (Å²) in [5.74, 6) is -4.02. The first-order valence-corrected chi connectivity index (χ1v) is 11.6. The van der Waals surface area contributed by atoms with Crippen molar-refractivity contribution in [3.63, 3.8) is 0 Å². The fraction of sp³-hybridized carbons (Fsp3) is 0.636. The number of likely N-dealkylation sites (tertiary alicyclic amines) is 1. The Kier molecular flexibility index (Phi) is 11.1. The number of fused-ring (bicyclic) bond motifs is 1. The van der Waals surface area contributed by atoms with Gasteiger partial charge in [-0.1, -0.05) is 11.6 Å². The molecule has 1 saturated heterocycles. The van der Waals surface area contributed by atoms with Crippen LogP contribution in [0.5, 0.6) is 0 Å². The molecule has 0 aromatic carbocycles. The van der Waals surface area contributed by atoms with Crippen LogP contribution in [0.25, 0.3) is 0 Å². The van der Waals surface area contributed by atoms with Crippen LogP contribution < -0.4 is 0 Å². The molecule has 10 nitrogen and oxygen atoms in total. The third-order valence-corrected chi connectivity index (χ3v) is 5.65. The second-order valence-corrected chi connectivity index (χ2v) is 8.94. The number of hydrogen-bond donors (Lipinski definition) is 2. The Labute approximate surface area is 213 Å². The van der Waals surface area contributed by atoms with Gasteiger partial charge < -0.3 is 19.6 Å². The van der Waals surface area contributed by atoms with Crippen molar-refractivity contribution in [1.82, 2.24) is 24.7 Å². The molecule has 2 N–H and O–H groups in total. The summed E-state index contributed by atoms with van der Waals surface area (Å²) in [6.07, 6.45) is -4.15. The van der Waals surface area contributed by atoms with E-state index in [2.05, 4.69) is 30.8 Å². The molecule has 1 fully saturated rings. The van der Waals surface area contributed by atoms with E-state index in [9.17, 15) is 26.3 Å². The van der Waals surface area contributed by atoms with E-state index in [4.69, 9.17) is 24.3 Å². The second kappa shape index (κ2) is 13.6. The number of rotatable bonds is 4. The highest BCUT2D eigenvalue weighted by atomic mass is 19.4. The lowest BCUT2D eigenvalue weighted by Crippen LogP contribution is -2.39. The standard InChI is InChI=1S/C18H27N5O.2C2HF3O2/c1-15-9-17(20-24-15)13-22-11-16(10-21-7-3-2-4-8-21)12-23-18(14-22)5-6-19-23;2*3-2(4,5)1(6)7/h5-6,9,16H,2-4,7-8,10-14H2,1H3;2*(H,6,7). The number of carbonyl (C=O) groups is 2. The molecular formula is C22H29F6N5O5. The van der Waals surface area contributed by atoms with Gasteiger partial charge in [0.05, 0.1) is 11.4 Å². The third-order valence-electron chi connectivity index (χ3n) is 5.65. The lowest BCUT2D eigenvalue weighted by atomic mass is 10.1. The van der Waals surface area contributed by atoms with E-state index < -0.39 is 24.3 Å². The van der Waals surface area contributed by atoms with Gasteiger partial charge >= 0.3 is 24.3 Å². The van der Waals surface area contributed by atoms with Crippen molar-refractivity contribution in [3.05, 3.63) is 35.5 Å². The summed E-state index contributed by atoms with van der Waals surface area (Å²) in [6.45, 7) is 9.52. The molecule has 0 spiro atoms. The summed E-state index contributed by atoms with van der Waals surface area (Å²) in [7, 11) is 0. The minimum absolute atomic E-state index is 0.609. The molecule has 1 atom stereocenters. The molecular weight excluding hydrogens is 528 g/mol. The van der Waals surface area contributed by atoms with Crippen molar-refractivity contribution in [2.45, 2.75) is 58.2 Å². The minimum atomic E-state index is -5.08. The highest BCUT2D eigenvalue weighted by Crippen LogP contribution is 2.20. The quantitative estimate of drug-likeness (QED) is 0.543. The van der Waals surface area contributed by atoms with Crippen molar-refractivity contribution < 1.29 is 50.7 Å². The van der Waals surface area contributed by atoms with E-state index in [0.717, 1.165) is 37.6 Å². The largest absolute Gasteiger partial charge is 0.490 e. The van der Waals surface area contributed by atoms with Gasteiger partial charge in [-0.3, -0.25) is 9.58 Å². The summed E-state index contributed by atoms with van der Waals surface area (Å²) in [5, 5.41) is 23.0. The maximum atomic E-state index is 10.6. The molecule has 0 amide bonds. The van der Waals surface area contributed by atoms with Crippen LogP contribution in [0, 0.1) is 12.8 Å². The molecule has 0 saturated carbocycles. The average molecular weight is 557 g/mol. The van der Waals surface area contributed by atoms with Crippen molar-refractivity contribution in [2.75, 3.05) is 26.2 Å². The SMILES string of the molecule is Cc1cc(CN2Cc3ccnn3CC(CN3CCCCC3)C2)no1.O=C(O)C(F)(F)F.O=C(O)C(F)(F)F. The number of aliphatic carboxylic acids is 2. The van der Waals surface area contributed by atoms with E-state index in [1.54, 1.807) is 0 Å². The maximum absolute atomic E-state index is 10.6. The first-order chi connectivity index (χ1) is 17.6. The summed E-state index contributed by atoms with van der Waals surface area (Å²) < 4.78 is 70.9. The number of aromatic nitrogens is 3. The van der Waals surface area contributed by atoms with Crippen molar-refractivity contribution in [2.24, 2.45) is 5.92 Å². The van der Waals surface area contributed by atoms with Gasteiger partial charge in [0.2, 0.25) is 0 Å². The van der Waals surface area contributed by atoms with E-state index in [1.807, 2.05) is 19.2 Å². The molecule has 38 heavy (non-hydrogen) atoms. The van der Waals surface area contributed by atoms with Gasteiger partial charge in [-0.25, -0.2) is 9.59 Å². The Morgan fingerprint density at radius 2 is 1.58 bits per heavy atom. The van der Waals surface area contributed by atoms with Gasteiger partial charge in [0.1, 0.15) is 5.76 Å². The van der Waals surface area contributed by atoms with Crippen LogP contribution in [0.15, 0.2) is 22.9 Å². The summed E-state index contributed by atoms with van der Waals surface area (Å²) >= 11 is 0. The molecule has 16 heteroatoms. The predicted molar refractivity (Wildman–Crippen MR) is 119 cm³/mol. The number of piperidine rings is 1. The van der Waals surface area contributed by atoms with Crippen LogP contribution in [0.2, 0.25) is 0 Å². The highest BCUT2D eigenvalue weighted by Gasteiger charge is 2.38. The van der Waals surface area contributed by atoms with Gasteiger partial charge in [-0.2, -0.15) is 31.4 Å². The van der Waals surface area contributed by atoms with Gasteiger partial charge in [-0.15, -0.1) is 0 Å². The molecule has 2 aliphatic rings. The third kappa shape index (κ3) is 10.7. The van der Waals surface area contributed by atoms with Crippen molar-refractivity contribution in [3.8, 4) is 0 Å². The average Bonchev–Trinajstić information content (AvgIpc) is 3.38. The zero-order valence-corrected chi connectivity index (χ0v) is 20.5. The highest BCUT2D eigenvalue weighted by molar-refractivity contribution is 5.73. The first-order valence-electron chi connectivity index (χ1n) is 11.6. The zero-order valence-electron chi connectivity index (χ0n) is 20.5. The van der Waals surface area contributed by atoms with Crippen LogP contribution in [-0.4, -0.2) is 85.4 Å². The molecule has 2 aromatic rings. The molecule has 0 bridgehead atoms. The van der Waals surface area contributed by atoms with Gasteiger partial charge in [0, 0.05) is 50.9 Å². The van der Waals surface area contributed by atoms with E-state index in [-0.39, 0.29) is 0 Å². The van der Waals surface area contributed by atoms with Crippen LogP contribution in [0.1, 0.15) is 36.4 Å². The Morgan fingerprint density at radius 3 is 2.08 bits per heavy atom. The van der Waals surface area contributed by atoms with Gasteiger partial charge in [0.15, 0.2) is 0 Å². The molecule has 2 aliphatic heterocycles. The van der Waals surface area contributed by atoms with Crippen LogP contribution in [-0.2, 0) is 29.2 Å². The lowest BCUT2D eigenvalue weighted by molar-refractivity contribution is -0.193. The van der Waals surface area contributed by atoms with E-state index in [1.165, 1.54) is 44.6 Å². The Bertz CT molecular complexity index is 1010. The Balaban J connectivity index is 0.000000301. The van der Waals surface area contributed by atoms with Crippen LogP contribution >= 0.6 is 0 Å². The second-order valence-electron chi connectivity index (χ2n) is 8.94. The van der Waals surface area contributed by atoms with Crippen LogP contribution in [0.3, 0.4) is 0 Å². The molecule has 1 unspecified atom stereocenters. The Hall–Kier alpha value is -3.14. The minimum Gasteiger partial charge on any atom is -0.475 e. The van der Waals surface area contributed by atoms with Gasteiger partial charge in [0.25, 0.3) is 0 Å². The number of halogens is 6. The van der Waals surface area contributed by atoms with Crippen molar-refractivity contribution >= 4 is 11.9 Å². The molecule has 4 heterocycles. The topological polar surface area (TPSA) is 125 Å². The predicted octanol–water partition coefficient (Wildman–Crippen LogP) is 3.56. The lowest BCUT2D eigenvalue weighted by Gasteiger charge is -2.31. The fourth-order valence-electron chi connectivity index (χ4n) is 4.08. The van der Waals surface area contributed by atoms with E-state index in [0.29, 0.717) is 5.92 Å². The zero-order chi connectivity index (χ0) is 28.5. The summed E-state index contributed by atoms with van der Waals surface area (Å²) in [4.78, 5) is 22.9. The molecule has 0 aliphatic carbocycles.